The quantitative estimate of drug-likeness (QED) is 0.792. The van der Waals surface area contributed by atoms with Gasteiger partial charge >= 0.3 is 0 Å². The molecule has 1 unspecified atom stereocenters. The Labute approximate surface area is 135 Å². The van der Waals surface area contributed by atoms with Crippen LogP contribution in [0.5, 0.6) is 5.75 Å². The fourth-order valence-corrected chi connectivity index (χ4v) is 2.29. The average molecular weight is 348 g/mol. The SMILES string of the molecule is CNC(C)CCc1ccc(OCc2ccc(Br)cc2)cc1. The predicted molar refractivity (Wildman–Crippen MR) is 91.8 cm³/mol. The number of ether oxygens (including phenoxy) is 1. The van der Waals surface area contributed by atoms with Gasteiger partial charge in [0.1, 0.15) is 12.4 Å². The standard InChI is InChI=1S/C18H22BrNO/c1-14(20-2)3-4-15-7-11-18(12-8-15)21-13-16-5-9-17(19)10-6-16/h5-12,14,20H,3-4,13H2,1-2H3. The zero-order chi connectivity index (χ0) is 15.1. The maximum absolute atomic E-state index is 5.81. The van der Waals surface area contributed by atoms with Gasteiger partial charge in [-0.05, 0) is 62.2 Å². The normalized spacial score (nSPS) is 12.1. The van der Waals surface area contributed by atoms with Crippen LogP contribution in [0.4, 0.5) is 0 Å². The van der Waals surface area contributed by atoms with Crippen LogP contribution in [0.2, 0.25) is 0 Å². The van der Waals surface area contributed by atoms with E-state index in [0.29, 0.717) is 12.6 Å². The molecule has 0 aromatic heterocycles. The summed E-state index contributed by atoms with van der Waals surface area (Å²) >= 11 is 3.43. The van der Waals surface area contributed by atoms with Crippen LogP contribution in [0.1, 0.15) is 24.5 Å². The molecule has 0 bridgehead atoms. The van der Waals surface area contributed by atoms with E-state index in [9.17, 15) is 0 Å². The van der Waals surface area contributed by atoms with Crippen LogP contribution in [0.15, 0.2) is 53.0 Å². The van der Waals surface area contributed by atoms with Crippen molar-refractivity contribution in [2.75, 3.05) is 7.05 Å². The lowest BCUT2D eigenvalue weighted by Gasteiger charge is -2.10. The molecule has 112 valence electrons. The molecule has 21 heavy (non-hydrogen) atoms. The van der Waals surface area contributed by atoms with E-state index >= 15 is 0 Å². The van der Waals surface area contributed by atoms with Crippen molar-refractivity contribution in [1.29, 1.82) is 0 Å². The first kappa shape index (κ1) is 16.1. The second kappa shape index (κ2) is 8.20. The van der Waals surface area contributed by atoms with Crippen molar-refractivity contribution in [3.63, 3.8) is 0 Å². The average Bonchev–Trinajstić information content (AvgIpc) is 2.53. The molecule has 0 heterocycles. The molecule has 0 aliphatic heterocycles. The molecule has 0 aliphatic rings. The highest BCUT2D eigenvalue weighted by Gasteiger charge is 2.01. The van der Waals surface area contributed by atoms with Gasteiger partial charge in [0, 0.05) is 10.5 Å². The second-order valence-electron chi connectivity index (χ2n) is 5.29. The summed E-state index contributed by atoms with van der Waals surface area (Å²) in [6.45, 7) is 2.80. The molecule has 2 nitrogen and oxygen atoms in total. The predicted octanol–water partition coefficient (Wildman–Crippen LogP) is 4.57. The molecule has 0 saturated heterocycles. The van der Waals surface area contributed by atoms with Crippen molar-refractivity contribution >= 4 is 15.9 Å². The Balaban J connectivity index is 1.83. The Morgan fingerprint density at radius 3 is 2.24 bits per heavy atom. The van der Waals surface area contributed by atoms with Crippen LogP contribution in [0.25, 0.3) is 0 Å². The Morgan fingerprint density at radius 1 is 1.00 bits per heavy atom. The molecule has 0 radical (unpaired) electrons. The van der Waals surface area contributed by atoms with Gasteiger partial charge in [-0.15, -0.1) is 0 Å². The van der Waals surface area contributed by atoms with Gasteiger partial charge in [0.25, 0.3) is 0 Å². The molecule has 0 aliphatic carbocycles. The first-order valence-electron chi connectivity index (χ1n) is 7.31. The van der Waals surface area contributed by atoms with Gasteiger partial charge in [-0.3, -0.25) is 0 Å². The number of hydrogen-bond donors (Lipinski definition) is 1. The highest BCUT2D eigenvalue weighted by molar-refractivity contribution is 9.10. The Kier molecular flexibility index (Phi) is 6.27. The van der Waals surface area contributed by atoms with E-state index < -0.39 is 0 Å². The van der Waals surface area contributed by atoms with E-state index in [2.05, 4.69) is 64.6 Å². The van der Waals surface area contributed by atoms with Gasteiger partial charge in [-0.25, -0.2) is 0 Å². The van der Waals surface area contributed by atoms with Crippen molar-refractivity contribution in [2.24, 2.45) is 0 Å². The number of hydrogen-bond acceptors (Lipinski definition) is 2. The molecule has 1 atom stereocenters. The zero-order valence-corrected chi connectivity index (χ0v) is 14.2. The lowest BCUT2D eigenvalue weighted by molar-refractivity contribution is 0.306. The Hall–Kier alpha value is -1.32. The first-order valence-corrected chi connectivity index (χ1v) is 8.10. The largest absolute Gasteiger partial charge is 0.489 e. The van der Waals surface area contributed by atoms with Gasteiger partial charge < -0.3 is 10.1 Å². The minimum atomic E-state index is 0.554. The topological polar surface area (TPSA) is 21.3 Å². The Bertz CT molecular complexity index is 536. The lowest BCUT2D eigenvalue weighted by Crippen LogP contribution is -2.21. The van der Waals surface area contributed by atoms with Crippen LogP contribution >= 0.6 is 15.9 Å². The highest BCUT2D eigenvalue weighted by atomic mass is 79.9. The molecular formula is C18H22BrNO. The van der Waals surface area contributed by atoms with Gasteiger partial charge in [0.05, 0.1) is 0 Å². The maximum Gasteiger partial charge on any atom is 0.119 e. The van der Waals surface area contributed by atoms with Gasteiger partial charge in [0.2, 0.25) is 0 Å². The molecule has 2 aromatic carbocycles. The summed E-state index contributed by atoms with van der Waals surface area (Å²) in [5, 5.41) is 3.26. The summed E-state index contributed by atoms with van der Waals surface area (Å²) in [5.74, 6) is 0.920. The number of aryl methyl sites for hydroxylation is 1. The van der Waals surface area contributed by atoms with E-state index in [1.807, 2.05) is 19.2 Å². The summed E-state index contributed by atoms with van der Waals surface area (Å²) in [4.78, 5) is 0. The van der Waals surface area contributed by atoms with Crippen LogP contribution < -0.4 is 10.1 Å². The minimum Gasteiger partial charge on any atom is -0.489 e. The van der Waals surface area contributed by atoms with E-state index in [1.165, 1.54) is 11.1 Å². The summed E-state index contributed by atoms with van der Waals surface area (Å²) in [6.07, 6.45) is 2.24. The summed E-state index contributed by atoms with van der Waals surface area (Å²) < 4.78 is 6.90. The smallest absolute Gasteiger partial charge is 0.119 e. The minimum absolute atomic E-state index is 0.554. The molecule has 1 N–H and O–H groups in total. The van der Waals surface area contributed by atoms with Gasteiger partial charge in [-0.2, -0.15) is 0 Å². The number of nitrogens with one attached hydrogen (secondary N) is 1. The van der Waals surface area contributed by atoms with E-state index in [0.717, 1.165) is 23.1 Å². The van der Waals surface area contributed by atoms with E-state index in [1.54, 1.807) is 0 Å². The fourth-order valence-electron chi connectivity index (χ4n) is 2.03. The highest BCUT2D eigenvalue weighted by Crippen LogP contribution is 2.17. The number of halogens is 1. The van der Waals surface area contributed by atoms with E-state index in [4.69, 9.17) is 4.74 Å². The molecular weight excluding hydrogens is 326 g/mol. The zero-order valence-electron chi connectivity index (χ0n) is 12.6. The molecule has 0 fully saturated rings. The van der Waals surface area contributed by atoms with Crippen molar-refractivity contribution in [3.8, 4) is 5.75 Å². The third-order valence-corrected chi connectivity index (χ3v) is 4.13. The van der Waals surface area contributed by atoms with Crippen LogP contribution in [0.3, 0.4) is 0 Å². The van der Waals surface area contributed by atoms with Crippen molar-refractivity contribution in [3.05, 3.63) is 64.1 Å². The second-order valence-corrected chi connectivity index (χ2v) is 6.20. The molecule has 2 aromatic rings. The fraction of sp³-hybridized carbons (Fsp3) is 0.333. The number of rotatable bonds is 7. The van der Waals surface area contributed by atoms with Crippen LogP contribution in [-0.4, -0.2) is 13.1 Å². The van der Waals surface area contributed by atoms with E-state index in [-0.39, 0.29) is 0 Å². The van der Waals surface area contributed by atoms with Crippen molar-refractivity contribution in [1.82, 2.24) is 5.32 Å². The molecule has 0 amide bonds. The Morgan fingerprint density at radius 2 is 1.62 bits per heavy atom. The van der Waals surface area contributed by atoms with Gasteiger partial charge in [0.15, 0.2) is 0 Å². The monoisotopic (exact) mass is 347 g/mol. The van der Waals surface area contributed by atoms with Crippen LogP contribution in [-0.2, 0) is 13.0 Å². The summed E-state index contributed by atoms with van der Waals surface area (Å²) in [6, 6.07) is 17.2. The number of benzene rings is 2. The van der Waals surface area contributed by atoms with Crippen molar-refractivity contribution < 1.29 is 4.74 Å². The summed E-state index contributed by atoms with van der Waals surface area (Å²) in [7, 11) is 2.00. The van der Waals surface area contributed by atoms with Crippen molar-refractivity contribution in [2.45, 2.75) is 32.4 Å². The third-order valence-electron chi connectivity index (χ3n) is 3.60. The molecule has 3 heteroatoms. The summed E-state index contributed by atoms with van der Waals surface area (Å²) in [5.41, 5.74) is 2.53. The third kappa shape index (κ3) is 5.52. The van der Waals surface area contributed by atoms with Crippen LogP contribution in [0, 0.1) is 0 Å². The molecule has 2 rings (SSSR count). The molecule has 0 spiro atoms. The maximum atomic E-state index is 5.81. The lowest BCUT2D eigenvalue weighted by atomic mass is 10.1. The van der Waals surface area contributed by atoms with Gasteiger partial charge in [-0.1, -0.05) is 40.2 Å². The molecule has 0 saturated carbocycles. The first-order chi connectivity index (χ1) is 10.2.